The van der Waals surface area contributed by atoms with Crippen molar-refractivity contribution in [1.82, 2.24) is 9.80 Å². The number of piperazine rings is 1. The van der Waals surface area contributed by atoms with Gasteiger partial charge in [-0.15, -0.1) is 12.4 Å². The number of benzene rings is 2. The molecule has 1 fully saturated rings. The van der Waals surface area contributed by atoms with Gasteiger partial charge in [0.2, 0.25) is 0 Å². The summed E-state index contributed by atoms with van der Waals surface area (Å²) in [5.41, 5.74) is 2.30. The first-order valence-electron chi connectivity index (χ1n) is 8.46. The number of fused-ring (bicyclic) bond motifs is 2. The third-order valence-corrected chi connectivity index (χ3v) is 6.53. The molecule has 5 nitrogen and oxygen atoms in total. The maximum absolute atomic E-state index is 9.96. The second kappa shape index (κ2) is 8.90. The van der Waals surface area contributed by atoms with Gasteiger partial charge in [0.25, 0.3) is 0 Å². The van der Waals surface area contributed by atoms with Crippen molar-refractivity contribution in [3.8, 4) is 11.5 Å². The van der Waals surface area contributed by atoms with Crippen molar-refractivity contribution in [1.29, 1.82) is 0 Å². The van der Waals surface area contributed by atoms with Gasteiger partial charge in [-0.3, -0.25) is 4.90 Å². The minimum absolute atomic E-state index is 0. The molecule has 1 saturated heterocycles. The summed E-state index contributed by atoms with van der Waals surface area (Å²) in [5, 5.41) is 20.6. The van der Waals surface area contributed by atoms with E-state index in [9.17, 15) is 10.2 Å². The topological polar surface area (TPSA) is 78.4 Å². The molecule has 0 amide bonds. The summed E-state index contributed by atoms with van der Waals surface area (Å²) in [7, 11) is 2.15. The van der Waals surface area contributed by atoms with Crippen LogP contribution >= 0.6 is 35.8 Å². The van der Waals surface area contributed by atoms with Crippen LogP contribution in [-0.4, -0.2) is 58.7 Å². The fraction of sp³-hybridized carbons (Fsp3) is 0.368. The van der Waals surface area contributed by atoms with E-state index < -0.39 is 0 Å². The molecule has 2 heterocycles. The predicted octanol–water partition coefficient (Wildman–Crippen LogP) is 3.34. The van der Waals surface area contributed by atoms with Gasteiger partial charge in [-0.25, -0.2) is 0 Å². The third-order valence-electron chi connectivity index (χ3n) is 5.10. The molecule has 27 heavy (non-hydrogen) atoms. The molecule has 2 aliphatic rings. The van der Waals surface area contributed by atoms with E-state index in [1.54, 1.807) is 23.9 Å². The molecule has 0 aliphatic carbocycles. The fourth-order valence-corrected chi connectivity index (χ4v) is 4.93. The summed E-state index contributed by atoms with van der Waals surface area (Å²) in [6, 6.07) is 9.64. The van der Waals surface area contributed by atoms with Crippen LogP contribution in [0.15, 0.2) is 40.1 Å². The van der Waals surface area contributed by atoms with Crippen LogP contribution in [0, 0.1) is 0 Å². The molecule has 8 heteroatoms. The lowest BCUT2D eigenvalue weighted by Crippen LogP contribution is -2.46. The number of rotatable bonds is 1. The van der Waals surface area contributed by atoms with E-state index in [-0.39, 0.29) is 35.4 Å². The zero-order valence-corrected chi connectivity index (χ0v) is 17.4. The van der Waals surface area contributed by atoms with Gasteiger partial charge in [-0.05, 0) is 54.9 Å². The highest BCUT2D eigenvalue weighted by atomic mass is 35.5. The second-order valence-corrected chi connectivity index (χ2v) is 8.31. The van der Waals surface area contributed by atoms with Crippen molar-refractivity contribution in [2.45, 2.75) is 22.3 Å². The van der Waals surface area contributed by atoms with Crippen LogP contribution in [0.25, 0.3) is 0 Å². The van der Waals surface area contributed by atoms with Crippen LogP contribution in [0.5, 0.6) is 11.5 Å². The quantitative estimate of drug-likeness (QED) is 0.678. The average molecular weight is 431 g/mol. The van der Waals surface area contributed by atoms with Gasteiger partial charge in [0.05, 0.1) is 0 Å². The standard InChI is InChI=1S/C19H21ClN2O2S.ClH.H2O/c1-21-4-6-22(7-5-21)15-8-12-9-16(23)17(24)11-19(12)25-18-3-2-13(20)10-14(15)18;;/h2-3,9-11,15,23-24H,4-8H2,1H3;1H;1H2. The van der Waals surface area contributed by atoms with Crippen LogP contribution in [0.2, 0.25) is 5.02 Å². The Bertz CT molecular complexity index is 814. The molecule has 4 rings (SSSR count). The van der Waals surface area contributed by atoms with Crippen molar-refractivity contribution >= 4 is 35.8 Å². The maximum Gasteiger partial charge on any atom is 0.158 e. The molecular formula is C19H24Cl2N2O3S. The number of phenols is 2. The number of likely N-dealkylation sites (N-methyl/N-ethyl adjacent to an activating group) is 1. The molecule has 0 saturated carbocycles. The number of nitrogens with zero attached hydrogens (tertiary/aromatic N) is 2. The van der Waals surface area contributed by atoms with E-state index >= 15 is 0 Å². The molecule has 0 radical (unpaired) electrons. The SMILES string of the molecule is CN1CCN(C2Cc3cc(O)c(O)cc3Sc3ccc(Cl)cc32)CC1.Cl.O. The van der Waals surface area contributed by atoms with E-state index in [0.717, 1.165) is 53.0 Å². The zero-order valence-electron chi connectivity index (χ0n) is 15.0. The van der Waals surface area contributed by atoms with Crippen LogP contribution < -0.4 is 0 Å². The van der Waals surface area contributed by atoms with Crippen LogP contribution in [0.1, 0.15) is 17.2 Å². The van der Waals surface area contributed by atoms with Gasteiger partial charge in [0.1, 0.15) is 0 Å². The third kappa shape index (κ3) is 4.47. The van der Waals surface area contributed by atoms with E-state index in [2.05, 4.69) is 29.0 Å². The van der Waals surface area contributed by atoms with Crippen LogP contribution in [0.3, 0.4) is 0 Å². The maximum atomic E-state index is 9.96. The number of aromatic hydroxyl groups is 2. The molecule has 0 spiro atoms. The Labute approximate surface area is 174 Å². The summed E-state index contributed by atoms with van der Waals surface area (Å²) in [6.45, 7) is 4.12. The van der Waals surface area contributed by atoms with E-state index in [1.165, 1.54) is 5.56 Å². The summed E-state index contributed by atoms with van der Waals surface area (Å²) >= 11 is 7.94. The monoisotopic (exact) mass is 430 g/mol. The van der Waals surface area contributed by atoms with Gasteiger partial charge in [0.15, 0.2) is 11.5 Å². The molecule has 2 aromatic rings. The lowest BCUT2D eigenvalue weighted by Gasteiger charge is -2.38. The molecule has 0 bridgehead atoms. The molecular weight excluding hydrogens is 407 g/mol. The Morgan fingerprint density at radius 3 is 2.37 bits per heavy atom. The molecule has 1 unspecified atom stereocenters. The van der Waals surface area contributed by atoms with Gasteiger partial charge >= 0.3 is 0 Å². The summed E-state index contributed by atoms with van der Waals surface area (Å²) in [6.07, 6.45) is 0.799. The average Bonchev–Trinajstić information content (AvgIpc) is 2.73. The lowest BCUT2D eigenvalue weighted by molar-refractivity contribution is 0.110. The molecule has 4 N–H and O–H groups in total. The van der Waals surface area contributed by atoms with E-state index in [0.29, 0.717) is 0 Å². The number of hydrogen-bond donors (Lipinski definition) is 2. The Morgan fingerprint density at radius 2 is 1.67 bits per heavy atom. The second-order valence-electron chi connectivity index (χ2n) is 6.79. The van der Waals surface area contributed by atoms with Crippen molar-refractivity contribution in [2.24, 2.45) is 0 Å². The van der Waals surface area contributed by atoms with Crippen molar-refractivity contribution in [2.75, 3.05) is 33.2 Å². The number of hydrogen-bond acceptors (Lipinski definition) is 5. The van der Waals surface area contributed by atoms with Gasteiger partial charge in [-0.2, -0.15) is 0 Å². The highest BCUT2D eigenvalue weighted by Gasteiger charge is 2.30. The predicted molar refractivity (Wildman–Crippen MR) is 112 cm³/mol. The first-order valence-corrected chi connectivity index (χ1v) is 9.65. The Kier molecular flexibility index (Phi) is 7.30. The molecule has 1 atom stereocenters. The first-order chi connectivity index (χ1) is 12.0. The van der Waals surface area contributed by atoms with E-state index in [1.807, 2.05) is 6.07 Å². The normalized spacial score (nSPS) is 19.9. The van der Waals surface area contributed by atoms with Crippen molar-refractivity contribution < 1.29 is 15.7 Å². The van der Waals surface area contributed by atoms with Crippen molar-refractivity contribution in [3.05, 3.63) is 46.5 Å². The highest BCUT2D eigenvalue weighted by molar-refractivity contribution is 7.99. The Morgan fingerprint density at radius 1 is 1.00 bits per heavy atom. The van der Waals surface area contributed by atoms with Crippen LogP contribution in [-0.2, 0) is 6.42 Å². The van der Waals surface area contributed by atoms with Crippen molar-refractivity contribution in [3.63, 3.8) is 0 Å². The minimum atomic E-state index is -0.0696. The smallest absolute Gasteiger partial charge is 0.158 e. The Balaban J connectivity index is 0.00000131. The van der Waals surface area contributed by atoms with Gasteiger partial charge in [-0.1, -0.05) is 23.4 Å². The summed E-state index contributed by atoms with van der Waals surface area (Å²) in [4.78, 5) is 7.01. The highest BCUT2D eigenvalue weighted by Crippen LogP contribution is 2.46. The Hall–Kier alpha value is -1.15. The van der Waals surface area contributed by atoms with Gasteiger partial charge in [0, 0.05) is 47.0 Å². The number of halogens is 2. The summed E-state index contributed by atoms with van der Waals surface area (Å²) < 4.78 is 0. The largest absolute Gasteiger partial charge is 0.504 e. The molecule has 0 aromatic heterocycles. The summed E-state index contributed by atoms with van der Waals surface area (Å²) in [5.74, 6) is -0.125. The molecule has 148 valence electrons. The van der Waals surface area contributed by atoms with Gasteiger partial charge < -0.3 is 20.6 Å². The minimum Gasteiger partial charge on any atom is -0.504 e. The van der Waals surface area contributed by atoms with E-state index in [4.69, 9.17) is 11.6 Å². The number of phenolic OH excluding ortho intramolecular Hbond substituents is 2. The zero-order chi connectivity index (χ0) is 17.6. The van der Waals surface area contributed by atoms with Crippen LogP contribution in [0.4, 0.5) is 0 Å². The fourth-order valence-electron chi connectivity index (χ4n) is 3.62. The first kappa shape index (κ1) is 22.1. The molecule has 2 aromatic carbocycles. The molecule has 2 aliphatic heterocycles. The lowest BCUT2D eigenvalue weighted by atomic mass is 9.96.